The van der Waals surface area contributed by atoms with Crippen LogP contribution in [0.2, 0.25) is 0 Å². The quantitative estimate of drug-likeness (QED) is 0.226. The highest BCUT2D eigenvalue weighted by molar-refractivity contribution is 7.07. The van der Waals surface area contributed by atoms with Crippen LogP contribution >= 0.6 is 11.3 Å². The van der Waals surface area contributed by atoms with Crippen molar-refractivity contribution in [2.24, 2.45) is 4.99 Å². The number of hydrogen-bond acceptors (Lipinski definition) is 7. The van der Waals surface area contributed by atoms with Crippen LogP contribution in [0.4, 0.5) is 0 Å². The molecule has 40 heavy (non-hydrogen) atoms. The highest BCUT2D eigenvalue weighted by Crippen LogP contribution is 2.36. The van der Waals surface area contributed by atoms with Crippen molar-refractivity contribution >= 4 is 34.3 Å². The number of thiazole rings is 1. The average molecular weight is 558 g/mol. The van der Waals surface area contributed by atoms with Crippen LogP contribution in [0.15, 0.2) is 82.4 Å². The molecule has 0 fully saturated rings. The van der Waals surface area contributed by atoms with Crippen LogP contribution in [-0.2, 0) is 16.1 Å². The van der Waals surface area contributed by atoms with E-state index >= 15 is 0 Å². The number of nitrogens with zero attached hydrogens (tertiary/aromatic N) is 3. The molecule has 4 aromatic rings. The molecule has 0 N–H and O–H groups in total. The summed E-state index contributed by atoms with van der Waals surface area (Å²) in [4.78, 5) is 32.5. The number of benzene rings is 2. The van der Waals surface area contributed by atoms with Gasteiger partial charge < -0.3 is 18.8 Å². The number of para-hydroxylation sites is 1. The number of methoxy groups -OCH3 is 1. The van der Waals surface area contributed by atoms with Crippen molar-refractivity contribution in [3.63, 3.8) is 0 Å². The number of rotatable bonds is 9. The number of carbonyl (C=O) groups is 1. The summed E-state index contributed by atoms with van der Waals surface area (Å²) in [5, 5.41) is 1.03. The van der Waals surface area contributed by atoms with Gasteiger partial charge in [-0.25, -0.2) is 9.79 Å². The Morgan fingerprint density at radius 1 is 1.15 bits per heavy atom. The maximum Gasteiger partial charge on any atom is 0.338 e. The standard InChI is InChI=1S/C31H31N3O5S/c1-6-15-33-18-21(22-11-9-10-12-23(22)33)17-26-29(35)34-28(20-13-14-24(37-5)25(16-20)38-7-2)27(30(36)39-8-3)19(4)32-31(34)40-26/h6,9-14,16-18,28H,1,7-8,15H2,2-5H3. The Kier molecular flexibility index (Phi) is 7.75. The Bertz CT molecular complexity index is 1830. The van der Waals surface area contributed by atoms with Gasteiger partial charge in [-0.05, 0) is 50.6 Å². The molecule has 5 rings (SSSR count). The largest absolute Gasteiger partial charge is 0.493 e. The van der Waals surface area contributed by atoms with Crippen molar-refractivity contribution < 1.29 is 19.0 Å². The van der Waals surface area contributed by atoms with E-state index in [2.05, 4.69) is 16.1 Å². The third kappa shape index (κ3) is 4.77. The van der Waals surface area contributed by atoms with Crippen molar-refractivity contribution in [3.8, 4) is 11.5 Å². The lowest BCUT2D eigenvalue weighted by Gasteiger charge is -2.25. The first-order valence-electron chi connectivity index (χ1n) is 13.1. The molecule has 3 heterocycles. The predicted molar refractivity (Wildman–Crippen MR) is 157 cm³/mol. The van der Waals surface area contributed by atoms with Crippen molar-refractivity contribution in [1.29, 1.82) is 0 Å². The Morgan fingerprint density at radius 3 is 2.67 bits per heavy atom. The van der Waals surface area contributed by atoms with E-state index in [1.165, 1.54) is 11.3 Å². The first-order chi connectivity index (χ1) is 19.4. The molecule has 0 saturated carbocycles. The maximum atomic E-state index is 14.1. The van der Waals surface area contributed by atoms with Crippen molar-refractivity contribution in [3.05, 3.63) is 103 Å². The second kappa shape index (κ2) is 11.4. The zero-order valence-electron chi connectivity index (χ0n) is 23.0. The summed E-state index contributed by atoms with van der Waals surface area (Å²) < 4.78 is 20.9. The Hall–Kier alpha value is -4.37. The second-order valence-electron chi connectivity index (χ2n) is 9.19. The molecule has 0 amide bonds. The number of ether oxygens (including phenoxy) is 3. The smallest absolute Gasteiger partial charge is 0.338 e. The minimum absolute atomic E-state index is 0.203. The van der Waals surface area contributed by atoms with Crippen molar-refractivity contribution in [1.82, 2.24) is 9.13 Å². The van der Waals surface area contributed by atoms with Crippen molar-refractivity contribution in [2.45, 2.75) is 33.4 Å². The Labute approximate surface area is 235 Å². The van der Waals surface area contributed by atoms with Gasteiger partial charge in [-0.15, -0.1) is 6.58 Å². The molecule has 1 atom stereocenters. The summed E-state index contributed by atoms with van der Waals surface area (Å²) in [7, 11) is 1.57. The van der Waals surface area contributed by atoms with E-state index in [9.17, 15) is 9.59 Å². The van der Waals surface area contributed by atoms with Gasteiger partial charge in [0.05, 0.1) is 42.2 Å². The molecule has 1 aliphatic rings. The third-order valence-electron chi connectivity index (χ3n) is 6.75. The fraction of sp³-hybridized carbons (Fsp3) is 0.258. The highest BCUT2D eigenvalue weighted by Gasteiger charge is 2.34. The molecular weight excluding hydrogens is 526 g/mol. The van der Waals surface area contributed by atoms with Crippen LogP contribution in [0, 0.1) is 0 Å². The molecule has 2 aromatic heterocycles. The minimum atomic E-state index is -0.746. The molecule has 206 valence electrons. The average Bonchev–Trinajstić information content (AvgIpc) is 3.45. The lowest BCUT2D eigenvalue weighted by Crippen LogP contribution is -2.40. The molecule has 0 saturated heterocycles. The molecule has 1 aliphatic heterocycles. The van der Waals surface area contributed by atoms with Gasteiger partial charge in [0.15, 0.2) is 16.3 Å². The van der Waals surface area contributed by atoms with Gasteiger partial charge in [0.25, 0.3) is 5.56 Å². The molecule has 0 bridgehead atoms. The number of hydrogen-bond donors (Lipinski definition) is 0. The summed E-state index contributed by atoms with van der Waals surface area (Å²) >= 11 is 1.30. The SMILES string of the molecule is C=CCn1cc(C=c2sc3n(c2=O)C(c2ccc(OC)c(OCC)c2)C(C(=O)OCC)=C(C)N=3)c2ccccc21. The lowest BCUT2D eigenvalue weighted by atomic mass is 9.95. The number of esters is 1. The molecule has 2 aromatic carbocycles. The van der Waals surface area contributed by atoms with Gasteiger partial charge in [-0.1, -0.05) is 41.7 Å². The summed E-state index contributed by atoms with van der Waals surface area (Å²) in [5.41, 5.74) is 3.25. The normalized spacial score (nSPS) is 15.1. The van der Waals surface area contributed by atoms with Crippen LogP contribution < -0.4 is 24.4 Å². The van der Waals surface area contributed by atoms with E-state index in [4.69, 9.17) is 14.2 Å². The summed E-state index contributed by atoms with van der Waals surface area (Å²) in [6.45, 7) is 10.6. The fourth-order valence-electron chi connectivity index (χ4n) is 5.06. The number of aromatic nitrogens is 2. The zero-order valence-corrected chi connectivity index (χ0v) is 23.8. The Morgan fingerprint density at radius 2 is 1.95 bits per heavy atom. The van der Waals surface area contributed by atoms with Crippen LogP contribution in [0.25, 0.3) is 17.0 Å². The zero-order chi connectivity index (χ0) is 28.4. The van der Waals surface area contributed by atoms with E-state index in [0.717, 1.165) is 16.5 Å². The van der Waals surface area contributed by atoms with E-state index in [-0.39, 0.29) is 12.2 Å². The van der Waals surface area contributed by atoms with Crippen LogP contribution in [0.1, 0.15) is 37.9 Å². The number of allylic oxidation sites excluding steroid dienone is 2. The van der Waals surface area contributed by atoms with Gasteiger partial charge in [0, 0.05) is 29.2 Å². The third-order valence-corrected chi connectivity index (χ3v) is 7.74. The molecular formula is C31H31N3O5S. The predicted octanol–water partition coefficient (Wildman–Crippen LogP) is 4.35. The topological polar surface area (TPSA) is 84.0 Å². The molecule has 1 unspecified atom stereocenters. The highest BCUT2D eigenvalue weighted by atomic mass is 32.1. The fourth-order valence-corrected chi connectivity index (χ4v) is 6.10. The van der Waals surface area contributed by atoms with Gasteiger partial charge >= 0.3 is 5.97 Å². The van der Waals surface area contributed by atoms with Gasteiger partial charge in [-0.3, -0.25) is 9.36 Å². The number of carbonyl (C=O) groups excluding carboxylic acids is 1. The van der Waals surface area contributed by atoms with Gasteiger partial charge in [0.1, 0.15) is 0 Å². The van der Waals surface area contributed by atoms with Crippen LogP contribution in [-0.4, -0.2) is 35.4 Å². The molecule has 0 aliphatic carbocycles. The molecule has 0 radical (unpaired) electrons. The van der Waals surface area contributed by atoms with E-state index < -0.39 is 12.0 Å². The van der Waals surface area contributed by atoms with E-state index in [0.29, 0.717) is 50.8 Å². The second-order valence-corrected chi connectivity index (χ2v) is 10.2. The van der Waals surface area contributed by atoms with Crippen molar-refractivity contribution in [2.75, 3.05) is 20.3 Å². The lowest BCUT2D eigenvalue weighted by molar-refractivity contribution is -0.139. The van der Waals surface area contributed by atoms with Gasteiger partial charge in [0.2, 0.25) is 0 Å². The molecule has 8 nitrogen and oxygen atoms in total. The molecule has 9 heteroatoms. The summed E-state index contributed by atoms with van der Waals surface area (Å²) in [5.74, 6) is 0.578. The van der Waals surface area contributed by atoms with Crippen LogP contribution in [0.3, 0.4) is 0 Å². The maximum absolute atomic E-state index is 14.1. The first-order valence-corrected chi connectivity index (χ1v) is 13.9. The number of fused-ring (bicyclic) bond motifs is 2. The Balaban J connectivity index is 1.74. The minimum Gasteiger partial charge on any atom is -0.493 e. The first kappa shape index (κ1) is 27.2. The monoisotopic (exact) mass is 557 g/mol. The van der Waals surface area contributed by atoms with E-state index in [1.54, 1.807) is 31.6 Å². The van der Waals surface area contributed by atoms with E-state index in [1.807, 2.05) is 61.7 Å². The summed E-state index contributed by atoms with van der Waals surface area (Å²) in [6.07, 6.45) is 5.76. The van der Waals surface area contributed by atoms with Gasteiger partial charge in [-0.2, -0.15) is 0 Å². The molecule has 0 spiro atoms. The summed E-state index contributed by atoms with van der Waals surface area (Å²) in [6, 6.07) is 12.7. The van der Waals surface area contributed by atoms with Crippen LogP contribution in [0.5, 0.6) is 11.5 Å².